The lowest BCUT2D eigenvalue weighted by Gasteiger charge is -2.08. The van der Waals surface area contributed by atoms with Gasteiger partial charge >= 0.3 is 0 Å². The molecule has 0 aliphatic heterocycles. The van der Waals surface area contributed by atoms with Crippen molar-refractivity contribution < 1.29 is 18.7 Å². The van der Waals surface area contributed by atoms with Gasteiger partial charge in [-0.1, -0.05) is 6.07 Å². The lowest BCUT2D eigenvalue weighted by atomic mass is 10.2. The van der Waals surface area contributed by atoms with E-state index in [2.05, 4.69) is 20.6 Å². The number of carbonyl (C=O) groups excluding carboxylic acids is 1. The average Bonchev–Trinajstić information content (AvgIpc) is 3.20. The first-order chi connectivity index (χ1) is 14.6. The first-order valence-electron chi connectivity index (χ1n) is 9.17. The van der Waals surface area contributed by atoms with Crippen LogP contribution in [-0.4, -0.2) is 46.0 Å². The third-order valence-corrected chi connectivity index (χ3v) is 4.31. The van der Waals surface area contributed by atoms with Gasteiger partial charge in [0.05, 0.1) is 13.7 Å². The third-order valence-electron chi connectivity index (χ3n) is 4.31. The van der Waals surface area contributed by atoms with Gasteiger partial charge < -0.3 is 14.8 Å². The molecule has 0 fully saturated rings. The Bertz CT molecular complexity index is 1180. The summed E-state index contributed by atoms with van der Waals surface area (Å²) >= 11 is 0. The fourth-order valence-electron chi connectivity index (χ4n) is 2.81. The number of rotatable bonds is 7. The number of methoxy groups -OCH3 is 1. The van der Waals surface area contributed by atoms with E-state index in [1.807, 2.05) is 0 Å². The van der Waals surface area contributed by atoms with Gasteiger partial charge in [-0.25, -0.2) is 4.39 Å². The van der Waals surface area contributed by atoms with Gasteiger partial charge in [-0.05, 0) is 48.5 Å². The molecular formula is C21H18FN5O3. The number of benzene rings is 2. The molecule has 2 heterocycles. The first kappa shape index (κ1) is 19.3. The summed E-state index contributed by atoms with van der Waals surface area (Å²) in [5.41, 5.74) is 1.72. The van der Waals surface area contributed by atoms with Crippen molar-refractivity contribution in [1.82, 2.24) is 25.1 Å². The number of aromatic nitrogens is 4. The van der Waals surface area contributed by atoms with Crippen molar-refractivity contribution in [2.45, 2.75) is 0 Å². The van der Waals surface area contributed by atoms with Crippen LogP contribution < -0.4 is 14.8 Å². The van der Waals surface area contributed by atoms with E-state index in [0.717, 1.165) is 0 Å². The van der Waals surface area contributed by atoms with Gasteiger partial charge in [0, 0.05) is 17.2 Å². The second-order valence-corrected chi connectivity index (χ2v) is 6.31. The summed E-state index contributed by atoms with van der Waals surface area (Å²) < 4.78 is 25.5. The van der Waals surface area contributed by atoms with Crippen LogP contribution in [0.15, 0.2) is 60.7 Å². The van der Waals surface area contributed by atoms with Gasteiger partial charge in [-0.2, -0.15) is 4.52 Å². The molecule has 1 amide bonds. The molecule has 0 radical (unpaired) electrons. The minimum absolute atomic E-state index is 0.224. The Balaban J connectivity index is 1.39. The molecule has 0 spiro atoms. The summed E-state index contributed by atoms with van der Waals surface area (Å²) in [5.74, 6) is 0.879. The summed E-state index contributed by atoms with van der Waals surface area (Å²) in [5, 5.41) is 15.3. The predicted molar refractivity (Wildman–Crippen MR) is 107 cm³/mol. The maximum absolute atomic E-state index is 13.2. The molecule has 0 unspecified atom stereocenters. The van der Waals surface area contributed by atoms with Crippen molar-refractivity contribution in [2.24, 2.45) is 0 Å². The zero-order valence-corrected chi connectivity index (χ0v) is 16.1. The molecule has 9 heteroatoms. The average molecular weight is 407 g/mol. The highest BCUT2D eigenvalue weighted by atomic mass is 19.1. The Morgan fingerprint density at radius 2 is 1.93 bits per heavy atom. The zero-order chi connectivity index (χ0) is 20.9. The minimum atomic E-state index is -0.333. The van der Waals surface area contributed by atoms with Gasteiger partial charge in [0.2, 0.25) is 5.88 Å². The predicted octanol–water partition coefficient (Wildman–Crippen LogP) is 2.75. The van der Waals surface area contributed by atoms with Crippen LogP contribution in [0, 0.1) is 5.82 Å². The normalized spacial score (nSPS) is 10.7. The van der Waals surface area contributed by atoms with E-state index in [1.54, 1.807) is 55.6 Å². The fraction of sp³-hybridized carbons (Fsp3) is 0.143. The summed E-state index contributed by atoms with van der Waals surface area (Å²) in [6.07, 6.45) is 0. The molecule has 152 valence electrons. The van der Waals surface area contributed by atoms with Gasteiger partial charge in [0.1, 0.15) is 18.2 Å². The Hall–Kier alpha value is -4.01. The van der Waals surface area contributed by atoms with Crippen LogP contribution in [0.2, 0.25) is 0 Å². The summed E-state index contributed by atoms with van der Waals surface area (Å²) in [4.78, 5) is 12.2. The molecule has 0 saturated carbocycles. The smallest absolute Gasteiger partial charge is 0.251 e. The van der Waals surface area contributed by atoms with Crippen molar-refractivity contribution >= 4 is 11.6 Å². The number of nitrogens with one attached hydrogen (secondary N) is 1. The molecule has 4 aromatic rings. The highest BCUT2D eigenvalue weighted by Crippen LogP contribution is 2.19. The Morgan fingerprint density at radius 1 is 1.10 bits per heavy atom. The quantitative estimate of drug-likeness (QED) is 0.474. The standard InChI is InChI=1S/C21H18FN5O3/c1-29-17-4-2-3-15(13-17)21(28)23-11-12-30-19-10-9-18-24-25-20(27(18)26-19)14-5-7-16(22)8-6-14/h2-10,13H,11-12H2,1H3,(H,23,28). The molecule has 0 aliphatic carbocycles. The van der Waals surface area contributed by atoms with Crippen LogP contribution in [0.3, 0.4) is 0 Å². The van der Waals surface area contributed by atoms with Gasteiger partial charge in [0.25, 0.3) is 5.91 Å². The van der Waals surface area contributed by atoms with Crippen molar-refractivity contribution in [3.05, 3.63) is 72.0 Å². The van der Waals surface area contributed by atoms with E-state index < -0.39 is 0 Å². The lowest BCUT2D eigenvalue weighted by molar-refractivity contribution is 0.0946. The van der Waals surface area contributed by atoms with Gasteiger partial charge in [0.15, 0.2) is 11.5 Å². The van der Waals surface area contributed by atoms with Crippen LogP contribution in [0.25, 0.3) is 17.0 Å². The first-order valence-corrected chi connectivity index (χ1v) is 9.17. The van der Waals surface area contributed by atoms with Gasteiger partial charge in [-0.3, -0.25) is 4.79 Å². The highest BCUT2D eigenvalue weighted by Gasteiger charge is 2.11. The number of hydrogen-bond acceptors (Lipinski definition) is 6. The number of ether oxygens (including phenoxy) is 2. The molecular weight excluding hydrogens is 389 g/mol. The van der Waals surface area contributed by atoms with Crippen LogP contribution in [-0.2, 0) is 0 Å². The number of nitrogens with zero attached hydrogens (tertiary/aromatic N) is 4. The molecule has 0 atom stereocenters. The van der Waals surface area contributed by atoms with E-state index in [0.29, 0.717) is 40.8 Å². The number of halogens is 1. The molecule has 1 N–H and O–H groups in total. The zero-order valence-electron chi connectivity index (χ0n) is 16.1. The maximum Gasteiger partial charge on any atom is 0.251 e. The van der Waals surface area contributed by atoms with Crippen molar-refractivity contribution in [2.75, 3.05) is 20.3 Å². The minimum Gasteiger partial charge on any atom is -0.497 e. The van der Waals surface area contributed by atoms with E-state index in [9.17, 15) is 9.18 Å². The molecule has 0 aliphatic rings. The van der Waals surface area contributed by atoms with Crippen LogP contribution in [0.5, 0.6) is 11.6 Å². The summed E-state index contributed by atoms with van der Waals surface area (Å²) in [6.45, 7) is 0.519. The maximum atomic E-state index is 13.2. The fourth-order valence-corrected chi connectivity index (χ4v) is 2.81. The topological polar surface area (TPSA) is 90.6 Å². The Morgan fingerprint density at radius 3 is 2.73 bits per heavy atom. The molecule has 2 aromatic carbocycles. The number of carbonyl (C=O) groups is 1. The number of amides is 1. The molecule has 4 rings (SSSR count). The van der Waals surface area contributed by atoms with E-state index in [4.69, 9.17) is 9.47 Å². The Labute approximate surface area is 171 Å². The van der Waals surface area contributed by atoms with Gasteiger partial charge in [-0.15, -0.1) is 15.3 Å². The summed E-state index contributed by atoms with van der Waals surface area (Å²) in [7, 11) is 1.55. The van der Waals surface area contributed by atoms with E-state index in [1.165, 1.54) is 16.6 Å². The van der Waals surface area contributed by atoms with E-state index in [-0.39, 0.29) is 18.3 Å². The SMILES string of the molecule is COc1cccc(C(=O)NCCOc2ccc3nnc(-c4ccc(F)cc4)n3n2)c1. The number of hydrogen-bond donors (Lipinski definition) is 1. The second-order valence-electron chi connectivity index (χ2n) is 6.31. The molecule has 2 aromatic heterocycles. The molecule has 0 bridgehead atoms. The number of fused-ring (bicyclic) bond motifs is 1. The third kappa shape index (κ3) is 4.19. The van der Waals surface area contributed by atoms with Crippen molar-refractivity contribution in [3.8, 4) is 23.0 Å². The second kappa shape index (κ2) is 8.56. The highest BCUT2D eigenvalue weighted by molar-refractivity contribution is 5.94. The largest absolute Gasteiger partial charge is 0.497 e. The molecule has 0 saturated heterocycles. The lowest BCUT2D eigenvalue weighted by Crippen LogP contribution is -2.28. The van der Waals surface area contributed by atoms with E-state index >= 15 is 0 Å². The van der Waals surface area contributed by atoms with Crippen molar-refractivity contribution in [1.29, 1.82) is 0 Å². The van der Waals surface area contributed by atoms with Crippen LogP contribution in [0.1, 0.15) is 10.4 Å². The molecule has 30 heavy (non-hydrogen) atoms. The monoisotopic (exact) mass is 407 g/mol. The molecule has 8 nitrogen and oxygen atoms in total. The van der Waals surface area contributed by atoms with Crippen molar-refractivity contribution in [3.63, 3.8) is 0 Å². The summed E-state index contributed by atoms with van der Waals surface area (Å²) in [6, 6.07) is 16.2. The Kier molecular flexibility index (Phi) is 5.51. The van der Waals surface area contributed by atoms with Crippen LogP contribution in [0.4, 0.5) is 4.39 Å². The van der Waals surface area contributed by atoms with Crippen LogP contribution >= 0.6 is 0 Å².